The van der Waals surface area contributed by atoms with E-state index in [1.165, 1.54) is 31.4 Å². The molecule has 12 heteroatoms. The molecule has 0 aliphatic rings. The first kappa shape index (κ1) is 27.7. The summed E-state index contributed by atoms with van der Waals surface area (Å²) in [5.74, 6) is -1.05. The fraction of sp³-hybridized carbons (Fsp3) is 0.138. The number of methoxy groups -OCH3 is 1. The number of imidazole rings is 2. The molecule has 0 saturated heterocycles. The van der Waals surface area contributed by atoms with Crippen molar-refractivity contribution in [3.05, 3.63) is 113 Å². The normalized spacial score (nSPS) is 10.8. The molecule has 9 nitrogen and oxygen atoms in total. The van der Waals surface area contributed by atoms with Crippen LogP contribution in [0.3, 0.4) is 0 Å². The molecule has 0 unspecified atom stereocenters. The number of carbonyl (C=O) groups excluding carboxylic acids is 1. The van der Waals surface area contributed by atoms with Crippen LogP contribution in [0.15, 0.2) is 85.2 Å². The molecule has 4 heterocycles. The maximum atomic E-state index is 13.0. The Morgan fingerprint density at radius 2 is 1.29 bits per heavy atom. The third-order valence-corrected chi connectivity index (χ3v) is 6.27. The summed E-state index contributed by atoms with van der Waals surface area (Å²) in [5, 5.41) is 0.382. The minimum atomic E-state index is -0.502. The third-order valence-electron chi connectivity index (χ3n) is 5.98. The highest BCUT2D eigenvalue weighted by Crippen LogP contribution is 2.22. The lowest BCUT2D eigenvalue weighted by Crippen LogP contribution is -2.15. The van der Waals surface area contributed by atoms with Gasteiger partial charge in [-0.05, 0) is 71.3 Å². The lowest BCUT2D eigenvalue weighted by Gasteiger charge is -2.09. The number of nitrogens with zero attached hydrogens (tertiary/aromatic N) is 6. The molecule has 0 aliphatic heterocycles. The van der Waals surface area contributed by atoms with Crippen LogP contribution in [-0.2, 0) is 22.6 Å². The van der Waals surface area contributed by atoms with Gasteiger partial charge < -0.3 is 9.47 Å². The summed E-state index contributed by atoms with van der Waals surface area (Å²) in [5.41, 5.74) is 4.56. The van der Waals surface area contributed by atoms with E-state index >= 15 is 0 Å². The van der Waals surface area contributed by atoms with Crippen LogP contribution in [0.25, 0.3) is 22.3 Å². The quantitative estimate of drug-likeness (QED) is 0.233. The van der Waals surface area contributed by atoms with Crippen LogP contribution in [0.5, 0.6) is 6.01 Å². The molecule has 4 aromatic heterocycles. The van der Waals surface area contributed by atoms with Crippen molar-refractivity contribution in [1.82, 2.24) is 29.1 Å². The predicted octanol–water partition coefficient (Wildman–Crippen LogP) is 5.44. The van der Waals surface area contributed by atoms with Gasteiger partial charge in [0.2, 0.25) is 5.28 Å². The molecule has 0 aliphatic carbocycles. The summed E-state index contributed by atoms with van der Waals surface area (Å²) in [6.45, 7) is 0.667. The molecule has 0 N–H and O–H groups in total. The van der Waals surface area contributed by atoms with Gasteiger partial charge in [-0.3, -0.25) is 9.13 Å². The number of esters is 1. The third kappa shape index (κ3) is 6.64. The van der Waals surface area contributed by atoms with Crippen molar-refractivity contribution in [2.75, 3.05) is 13.7 Å². The highest BCUT2D eigenvalue weighted by molar-refractivity contribution is 6.29. The summed E-state index contributed by atoms with van der Waals surface area (Å²) in [7, 11) is 1.29. The topological polar surface area (TPSA) is 97.0 Å². The molecule has 6 rings (SSSR count). The van der Waals surface area contributed by atoms with Crippen molar-refractivity contribution < 1.29 is 23.0 Å². The molecule has 0 amide bonds. The van der Waals surface area contributed by atoms with Crippen LogP contribution < -0.4 is 4.74 Å². The van der Waals surface area contributed by atoms with E-state index < -0.39 is 5.97 Å². The van der Waals surface area contributed by atoms with Gasteiger partial charge in [0.1, 0.15) is 22.7 Å². The van der Waals surface area contributed by atoms with Gasteiger partial charge in [-0.1, -0.05) is 24.3 Å². The first-order chi connectivity index (χ1) is 19.9. The van der Waals surface area contributed by atoms with Gasteiger partial charge in [-0.2, -0.15) is 4.98 Å². The van der Waals surface area contributed by atoms with E-state index in [0.29, 0.717) is 29.5 Å². The molecular formula is C29H23ClF2N6O3. The monoisotopic (exact) mass is 576 g/mol. The number of benzene rings is 2. The zero-order valence-electron chi connectivity index (χ0n) is 21.7. The van der Waals surface area contributed by atoms with Gasteiger partial charge in [-0.15, -0.1) is 0 Å². The van der Waals surface area contributed by atoms with E-state index in [4.69, 9.17) is 16.3 Å². The van der Waals surface area contributed by atoms with E-state index in [2.05, 4.69) is 24.7 Å². The Hall–Kier alpha value is -4.90. The van der Waals surface area contributed by atoms with Crippen molar-refractivity contribution in [2.45, 2.75) is 13.1 Å². The number of fused-ring (bicyclic) bond motifs is 2. The predicted molar refractivity (Wildman–Crippen MR) is 149 cm³/mol. The zero-order chi connectivity index (χ0) is 28.8. The fourth-order valence-corrected chi connectivity index (χ4v) is 4.22. The molecule has 0 atom stereocenters. The summed E-state index contributed by atoms with van der Waals surface area (Å²) >= 11 is 6.09. The van der Waals surface area contributed by atoms with Gasteiger partial charge in [0.25, 0.3) is 6.01 Å². The zero-order valence-corrected chi connectivity index (χ0v) is 22.5. The number of hydrogen-bond donors (Lipinski definition) is 0. The maximum Gasteiger partial charge on any atom is 0.344 e. The van der Waals surface area contributed by atoms with Gasteiger partial charge >= 0.3 is 5.97 Å². The molecule has 0 saturated carbocycles. The average molecular weight is 577 g/mol. The van der Waals surface area contributed by atoms with Crippen LogP contribution in [0.2, 0.25) is 5.28 Å². The number of hydrogen-bond acceptors (Lipinski definition) is 7. The van der Waals surface area contributed by atoms with Crippen LogP contribution in [0.4, 0.5) is 8.78 Å². The van der Waals surface area contributed by atoms with Gasteiger partial charge in [0, 0.05) is 12.4 Å². The minimum absolute atomic E-state index is 0.247. The summed E-state index contributed by atoms with van der Waals surface area (Å²) in [4.78, 5) is 28.4. The van der Waals surface area contributed by atoms with Crippen LogP contribution >= 0.6 is 11.6 Å². The highest BCUT2D eigenvalue weighted by atomic mass is 35.5. The van der Waals surface area contributed by atoms with E-state index in [1.54, 1.807) is 57.9 Å². The van der Waals surface area contributed by atoms with E-state index in [0.717, 1.165) is 22.3 Å². The minimum Gasteiger partial charge on any atom is -0.466 e. The Bertz CT molecular complexity index is 1790. The Labute approximate surface area is 238 Å². The van der Waals surface area contributed by atoms with Crippen molar-refractivity contribution in [2.24, 2.45) is 0 Å². The SMILES string of the molecule is COC(=O)COc1nc2cccnc2n1Cc1ccc(F)cc1.Fc1ccc(Cn2c(Cl)nc3cccnc32)cc1. The maximum absolute atomic E-state index is 13.0. The summed E-state index contributed by atoms with van der Waals surface area (Å²) in [6, 6.07) is 19.9. The molecule has 6 aromatic rings. The number of halogens is 3. The molecule has 208 valence electrons. The summed E-state index contributed by atoms with van der Waals surface area (Å²) in [6.07, 6.45) is 3.34. The second-order valence-electron chi connectivity index (χ2n) is 8.76. The van der Waals surface area contributed by atoms with Crippen molar-refractivity contribution in [3.8, 4) is 6.01 Å². The van der Waals surface area contributed by atoms with Gasteiger partial charge in [0.05, 0.1) is 20.2 Å². The largest absolute Gasteiger partial charge is 0.466 e. The number of rotatable bonds is 7. The molecule has 0 fully saturated rings. The molecular weight excluding hydrogens is 554 g/mol. The summed E-state index contributed by atoms with van der Waals surface area (Å²) < 4.78 is 39.4. The van der Waals surface area contributed by atoms with Crippen LogP contribution in [-0.4, -0.2) is 48.8 Å². The highest BCUT2D eigenvalue weighted by Gasteiger charge is 2.15. The Kier molecular flexibility index (Phi) is 8.44. The standard InChI is InChI=1S/C16H14FN3O3.C13H9ClFN3/c1-22-14(21)10-23-16-19-13-3-2-8-18-15(13)20(16)9-11-4-6-12(17)7-5-11;14-13-17-11-2-1-7-16-12(11)18(13)8-9-3-5-10(15)6-4-9/h2-8H,9-10H2,1H3;1-7H,8H2. The number of pyridine rings is 2. The molecule has 41 heavy (non-hydrogen) atoms. The van der Waals surface area contributed by atoms with Crippen LogP contribution in [0, 0.1) is 11.6 Å². The lowest BCUT2D eigenvalue weighted by atomic mass is 10.2. The molecule has 0 radical (unpaired) electrons. The number of aromatic nitrogens is 6. The van der Waals surface area contributed by atoms with Gasteiger partial charge in [0.15, 0.2) is 17.9 Å². The lowest BCUT2D eigenvalue weighted by molar-refractivity contribution is -0.143. The smallest absolute Gasteiger partial charge is 0.344 e. The van der Waals surface area contributed by atoms with E-state index in [-0.39, 0.29) is 24.3 Å². The van der Waals surface area contributed by atoms with E-state index in [1.807, 2.05) is 12.1 Å². The van der Waals surface area contributed by atoms with Gasteiger partial charge in [-0.25, -0.2) is 28.5 Å². The average Bonchev–Trinajstić information content (AvgIpc) is 3.50. The van der Waals surface area contributed by atoms with Crippen molar-refractivity contribution >= 4 is 39.9 Å². The first-order valence-electron chi connectivity index (χ1n) is 12.4. The van der Waals surface area contributed by atoms with Crippen molar-refractivity contribution in [3.63, 3.8) is 0 Å². The molecule has 0 spiro atoms. The Morgan fingerprint density at radius 1 is 0.780 bits per heavy atom. The number of ether oxygens (including phenoxy) is 2. The molecule has 2 aromatic carbocycles. The first-order valence-corrected chi connectivity index (χ1v) is 12.8. The second-order valence-corrected chi connectivity index (χ2v) is 9.10. The fourth-order valence-electron chi connectivity index (χ4n) is 3.99. The molecule has 0 bridgehead atoms. The Morgan fingerprint density at radius 3 is 1.85 bits per heavy atom. The van der Waals surface area contributed by atoms with Crippen LogP contribution in [0.1, 0.15) is 11.1 Å². The number of carbonyl (C=O) groups is 1. The Balaban J connectivity index is 0.000000169. The van der Waals surface area contributed by atoms with E-state index in [9.17, 15) is 13.6 Å². The second kappa shape index (κ2) is 12.5. The van der Waals surface area contributed by atoms with Crippen molar-refractivity contribution in [1.29, 1.82) is 0 Å².